The molecule has 1 aliphatic carbocycles. The molecule has 0 N–H and O–H groups in total. The minimum absolute atomic E-state index is 0.0667. The molecule has 0 unspecified atom stereocenters. The second-order valence-corrected chi connectivity index (χ2v) is 7.24. The van der Waals surface area contributed by atoms with E-state index >= 15 is 0 Å². The number of furan rings is 1. The van der Waals surface area contributed by atoms with Crippen LogP contribution in [0, 0.1) is 0 Å². The maximum absolute atomic E-state index is 6.24. The van der Waals surface area contributed by atoms with Gasteiger partial charge < -0.3 is 4.42 Å². The third-order valence-electron chi connectivity index (χ3n) is 5.14. The Hall–Kier alpha value is -2.25. The summed E-state index contributed by atoms with van der Waals surface area (Å²) < 4.78 is 6.07. The Morgan fingerprint density at radius 3 is 2.43 bits per heavy atom. The Morgan fingerprint density at radius 2 is 1.57 bits per heavy atom. The first-order valence-corrected chi connectivity index (χ1v) is 8.20. The fraction of sp³-hybridized carbons (Fsp3) is 0.143. The molecule has 1 nitrogen and oxygen atoms in total. The van der Waals surface area contributed by atoms with E-state index in [0.717, 1.165) is 16.2 Å². The lowest BCUT2D eigenvalue weighted by Crippen LogP contribution is -2.14. The highest BCUT2D eigenvalue weighted by molar-refractivity contribution is 6.30. The molecule has 112 valence electrons. The first kappa shape index (κ1) is 13.2. The molecule has 5 rings (SSSR count). The highest BCUT2D eigenvalue weighted by Gasteiger charge is 2.36. The third-order valence-corrected chi connectivity index (χ3v) is 5.37. The van der Waals surface area contributed by atoms with Crippen molar-refractivity contribution in [2.45, 2.75) is 19.3 Å². The van der Waals surface area contributed by atoms with Crippen molar-refractivity contribution in [2.24, 2.45) is 0 Å². The fourth-order valence-corrected chi connectivity index (χ4v) is 4.10. The van der Waals surface area contributed by atoms with Gasteiger partial charge in [-0.05, 0) is 52.6 Å². The molecule has 1 aromatic heterocycles. The predicted octanol–water partition coefficient (Wildman–Crippen LogP) is 6.55. The summed E-state index contributed by atoms with van der Waals surface area (Å²) in [5.41, 5.74) is 7.00. The molecule has 1 aliphatic rings. The predicted molar refractivity (Wildman–Crippen MR) is 96.3 cm³/mol. The highest BCUT2D eigenvalue weighted by Crippen LogP contribution is 2.51. The number of halogens is 1. The molecule has 0 spiro atoms. The second kappa shape index (κ2) is 4.18. The van der Waals surface area contributed by atoms with Gasteiger partial charge in [-0.15, -0.1) is 0 Å². The number of fused-ring (bicyclic) bond motifs is 6. The van der Waals surface area contributed by atoms with E-state index in [4.69, 9.17) is 16.0 Å². The van der Waals surface area contributed by atoms with Gasteiger partial charge in [-0.25, -0.2) is 0 Å². The minimum atomic E-state index is -0.0667. The highest BCUT2D eigenvalue weighted by atomic mass is 35.5. The van der Waals surface area contributed by atoms with E-state index in [1.165, 1.54) is 33.0 Å². The van der Waals surface area contributed by atoms with E-state index < -0.39 is 0 Å². The fourth-order valence-electron chi connectivity index (χ4n) is 3.92. The molecule has 0 radical (unpaired) electrons. The summed E-state index contributed by atoms with van der Waals surface area (Å²) >= 11 is 6.24. The van der Waals surface area contributed by atoms with Crippen molar-refractivity contribution in [1.82, 2.24) is 0 Å². The second-order valence-electron chi connectivity index (χ2n) is 6.81. The lowest BCUT2D eigenvalue weighted by molar-refractivity contribution is 0.647. The molecule has 0 saturated carbocycles. The zero-order valence-electron chi connectivity index (χ0n) is 13.0. The van der Waals surface area contributed by atoms with Crippen molar-refractivity contribution in [3.63, 3.8) is 0 Å². The van der Waals surface area contributed by atoms with Crippen LogP contribution in [0.25, 0.3) is 33.1 Å². The largest absolute Gasteiger partial charge is 0.456 e. The summed E-state index contributed by atoms with van der Waals surface area (Å²) in [4.78, 5) is 0. The standard InChI is InChI=1S/C21H15ClO/c1-21(2)17-9-12(22)7-8-13(17)15-10-16-14-5-3-4-6-19(14)23-20(16)11-18(15)21/h3-11H,1-2H3. The van der Waals surface area contributed by atoms with Crippen LogP contribution in [0.3, 0.4) is 0 Å². The van der Waals surface area contributed by atoms with Crippen LogP contribution in [-0.2, 0) is 5.41 Å². The van der Waals surface area contributed by atoms with Crippen molar-refractivity contribution in [1.29, 1.82) is 0 Å². The molecule has 0 atom stereocenters. The number of hydrogen-bond acceptors (Lipinski definition) is 1. The SMILES string of the molecule is CC1(C)c2cc(Cl)ccc2-c2cc3c(cc21)oc1ccccc13. The van der Waals surface area contributed by atoms with Crippen molar-refractivity contribution in [2.75, 3.05) is 0 Å². The molecule has 2 heteroatoms. The molecule has 23 heavy (non-hydrogen) atoms. The quantitative estimate of drug-likeness (QED) is 0.358. The van der Waals surface area contributed by atoms with E-state index in [9.17, 15) is 0 Å². The van der Waals surface area contributed by atoms with Crippen LogP contribution in [0.2, 0.25) is 5.02 Å². The Labute approximate surface area is 139 Å². The van der Waals surface area contributed by atoms with Crippen molar-refractivity contribution in [3.8, 4) is 11.1 Å². The van der Waals surface area contributed by atoms with Gasteiger partial charge in [0.1, 0.15) is 11.2 Å². The Bertz CT molecular complexity index is 1100. The zero-order valence-corrected chi connectivity index (χ0v) is 13.7. The van der Waals surface area contributed by atoms with Gasteiger partial charge in [0.05, 0.1) is 0 Å². The summed E-state index contributed by atoms with van der Waals surface area (Å²) in [6.07, 6.45) is 0. The molecular weight excluding hydrogens is 304 g/mol. The summed E-state index contributed by atoms with van der Waals surface area (Å²) in [7, 11) is 0. The number of para-hydroxylation sites is 1. The maximum Gasteiger partial charge on any atom is 0.135 e. The van der Waals surface area contributed by atoms with Gasteiger partial charge >= 0.3 is 0 Å². The summed E-state index contributed by atoms with van der Waals surface area (Å²) in [6, 6.07) is 18.9. The smallest absolute Gasteiger partial charge is 0.135 e. The molecular formula is C21H15ClO. The normalized spacial score (nSPS) is 15.1. The number of benzene rings is 3. The summed E-state index contributed by atoms with van der Waals surface area (Å²) in [5.74, 6) is 0. The molecule has 0 bridgehead atoms. The first-order chi connectivity index (χ1) is 11.1. The average molecular weight is 319 g/mol. The molecule has 1 heterocycles. The van der Waals surface area contributed by atoms with Crippen LogP contribution >= 0.6 is 11.6 Å². The van der Waals surface area contributed by atoms with Gasteiger partial charge in [0.25, 0.3) is 0 Å². The summed E-state index contributed by atoms with van der Waals surface area (Å²) in [5, 5.41) is 3.14. The van der Waals surface area contributed by atoms with Crippen LogP contribution in [0.15, 0.2) is 59.0 Å². The molecule has 0 aliphatic heterocycles. The van der Waals surface area contributed by atoms with Crippen LogP contribution < -0.4 is 0 Å². The van der Waals surface area contributed by atoms with E-state index in [0.29, 0.717) is 0 Å². The Kier molecular flexibility index (Phi) is 2.40. The van der Waals surface area contributed by atoms with Gasteiger partial charge in [-0.3, -0.25) is 0 Å². The van der Waals surface area contributed by atoms with Crippen LogP contribution in [0.5, 0.6) is 0 Å². The van der Waals surface area contributed by atoms with Gasteiger partial charge in [-0.2, -0.15) is 0 Å². The van der Waals surface area contributed by atoms with Crippen LogP contribution in [-0.4, -0.2) is 0 Å². The first-order valence-electron chi connectivity index (χ1n) is 7.82. The van der Waals surface area contributed by atoms with Crippen LogP contribution in [0.1, 0.15) is 25.0 Å². The van der Waals surface area contributed by atoms with Gasteiger partial charge in [0.15, 0.2) is 0 Å². The minimum Gasteiger partial charge on any atom is -0.456 e. The monoisotopic (exact) mass is 318 g/mol. The van der Waals surface area contributed by atoms with Gasteiger partial charge in [0, 0.05) is 21.2 Å². The van der Waals surface area contributed by atoms with E-state index in [1.54, 1.807) is 0 Å². The van der Waals surface area contributed by atoms with Gasteiger partial charge in [-0.1, -0.05) is 49.7 Å². The average Bonchev–Trinajstić information content (AvgIpc) is 3.00. The van der Waals surface area contributed by atoms with Crippen molar-refractivity contribution < 1.29 is 4.42 Å². The van der Waals surface area contributed by atoms with Crippen LogP contribution in [0.4, 0.5) is 0 Å². The third kappa shape index (κ3) is 1.63. The Balaban J connectivity index is 1.93. The van der Waals surface area contributed by atoms with E-state index in [-0.39, 0.29) is 5.41 Å². The number of rotatable bonds is 0. The van der Waals surface area contributed by atoms with E-state index in [1.807, 2.05) is 18.2 Å². The van der Waals surface area contributed by atoms with Crippen molar-refractivity contribution >= 4 is 33.5 Å². The topological polar surface area (TPSA) is 13.1 Å². The lowest BCUT2D eigenvalue weighted by atomic mass is 9.82. The van der Waals surface area contributed by atoms with E-state index in [2.05, 4.69) is 50.2 Å². The molecule has 4 aromatic rings. The Morgan fingerprint density at radius 1 is 0.783 bits per heavy atom. The molecule has 0 saturated heterocycles. The zero-order chi connectivity index (χ0) is 15.8. The molecule has 0 fully saturated rings. The summed E-state index contributed by atoms with van der Waals surface area (Å²) in [6.45, 7) is 4.50. The van der Waals surface area contributed by atoms with Gasteiger partial charge in [0.2, 0.25) is 0 Å². The maximum atomic E-state index is 6.24. The molecule has 0 amide bonds. The van der Waals surface area contributed by atoms with Crippen molar-refractivity contribution in [3.05, 3.63) is 70.7 Å². The number of hydrogen-bond donors (Lipinski definition) is 0. The lowest BCUT2D eigenvalue weighted by Gasteiger charge is -2.21. The molecule has 3 aromatic carbocycles.